The lowest BCUT2D eigenvalue weighted by Crippen LogP contribution is -2.42. The van der Waals surface area contributed by atoms with Crippen molar-refractivity contribution < 1.29 is 9.18 Å². The summed E-state index contributed by atoms with van der Waals surface area (Å²) < 4.78 is 15.4. The number of benzene rings is 2. The molecule has 7 nitrogen and oxygen atoms in total. The highest BCUT2D eigenvalue weighted by Gasteiger charge is 2.16. The summed E-state index contributed by atoms with van der Waals surface area (Å²) in [6, 6.07) is 16.1. The fourth-order valence-electron chi connectivity index (χ4n) is 3.47. The molecule has 2 heterocycles. The van der Waals surface area contributed by atoms with Gasteiger partial charge in [-0.2, -0.15) is 0 Å². The monoisotopic (exact) mass is 432 g/mol. The molecule has 4 aromatic rings. The van der Waals surface area contributed by atoms with Gasteiger partial charge in [0.2, 0.25) is 5.91 Å². The Hall–Kier alpha value is -4.07. The van der Waals surface area contributed by atoms with Crippen molar-refractivity contribution >= 4 is 22.6 Å². The number of halogens is 1. The van der Waals surface area contributed by atoms with Gasteiger partial charge in [-0.3, -0.25) is 18.7 Å². The van der Waals surface area contributed by atoms with E-state index in [9.17, 15) is 18.8 Å². The summed E-state index contributed by atoms with van der Waals surface area (Å²) in [5.41, 5.74) is 1.28. The highest BCUT2D eigenvalue weighted by Crippen LogP contribution is 2.11. The molecular weight excluding hydrogens is 411 g/mol. The Kier molecular flexibility index (Phi) is 5.93. The van der Waals surface area contributed by atoms with Crippen LogP contribution in [-0.2, 0) is 24.3 Å². The number of pyridine rings is 1. The smallest absolute Gasteiger partial charge is 0.325 e. The molecule has 2 aromatic heterocycles. The molecule has 0 saturated carbocycles. The summed E-state index contributed by atoms with van der Waals surface area (Å²) in [6.45, 7) is 1.67. The van der Waals surface area contributed by atoms with Gasteiger partial charge in [-0.05, 0) is 53.9 Å². The molecule has 0 fully saturated rings. The standard InChI is InChI=1S/C24H21FN4O3/c1-2-16-7-11-19(12-8-16)27-21(30)15-28-22-20(4-3-13-26-22)23(31)29(24(28)32)14-17-5-9-18(25)10-6-17/h3-13H,2,14-15H2,1H3,(H,27,30). The topological polar surface area (TPSA) is 86.0 Å². The van der Waals surface area contributed by atoms with E-state index in [4.69, 9.17) is 0 Å². The zero-order valence-electron chi connectivity index (χ0n) is 17.4. The van der Waals surface area contributed by atoms with E-state index < -0.39 is 23.0 Å². The summed E-state index contributed by atoms with van der Waals surface area (Å²) in [6.07, 6.45) is 2.35. The van der Waals surface area contributed by atoms with E-state index in [0.717, 1.165) is 16.6 Å². The van der Waals surface area contributed by atoms with Crippen LogP contribution in [0.3, 0.4) is 0 Å². The van der Waals surface area contributed by atoms with E-state index in [2.05, 4.69) is 10.3 Å². The van der Waals surface area contributed by atoms with Crippen molar-refractivity contribution in [1.29, 1.82) is 0 Å². The second kappa shape index (κ2) is 8.97. The summed E-state index contributed by atoms with van der Waals surface area (Å²) in [7, 11) is 0. The number of nitrogens with one attached hydrogen (secondary N) is 1. The minimum atomic E-state index is -0.665. The van der Waals surface area contributed by atoms with Crippen molar-refractivity contribution in [1.82, 2.24) is 14.1 Å². The Morgan fingerprint density at radius 3 is 2.34 bits per heavy atom. The van der Waals surface area contributed by atoms with E-state index >= 15 is 0 Å². The molecule has 0 aliphatic rings. The van der Waals surface area contributed by atoms with Crippen molar-refractivity contribution in [2.45, 2.75) is 26.4 Å². The van der Waals surface area contributed by atoms with Crippen LogP contribution in [-0.4, -0.2) is 20.0 Å². The largest absolute Gasteiger partial charge is 0.333 e. The van der Waals surface area contributed by atoms with Crippen LogP contribution in [0.15, 0.2) is 76.4 Å². The Labute approximate surface area is 182 Å². The Balaban J connectivity index is 1.71. The van der Waals surface area contributed by atoms with E-state index in [-0.39, 0.29) is 24.1 Å². The quantitative estimate of drug-likeness (QED) is 0.508. The van der Waals surface area contributed by atoms with Gasteiger partial charge in [-0.15, -0.1) is 0 Å². The number of carbonyl (C=O) groups excluding carboxylic acids is 1. The number of rotatable bonds is 6. The normalized spacial score (nSPS) is 10.9. The average molecular weight is 432 g/mol. The molecule has 0 aliphatic heterocycles. The third-order valence-corrected chi connectivity index (χ3v) is 5.18. The number of hydrogen-bond donors (Lipinski definition) is 1. The molecule has 0 spiro atoms. The first kappa shape index (κ1) is 21.2. The van der Waals surface area contributed by atoms with Crippen molar-refractivity contribution in [3.05, 3.63) is 105 Å². The highest BCUT2D eigenvalue weighted by atomic mass is 19.1. The van der Waals surface area contributed by atoms with Crippen molar-refractivity contribution in [2.75, 3.05) is 5.32 Å². The molecule has 0 radical (unpaired) electrons. The Morgan fingerprint density at radius 1 is 0.969 bits per heavy atom. The number of anilines is 1. The van der Waals surface area contributed by atoms with Gasteiger partial charge in [-0.25, -0.2) is 14.2 Å². The van der Waals surface area contributed by atoms with Gasteiger partial charge in [-0.1, -0.05) is 31.2 Å². The molecule has 0 bridgehead atoms. The predicted molar refractivity (Wildman–Crippen MR) is 120 cm³/mol. The van der Waals surface area contributed by atoms with Crippen molar-refractivity contribution in [3.63, 3.8) is 0 Å². The average Bonchev–Trinajstić information content (AvgIpc) is 2.81. The van der Waals surface area contributed by atoms with Gasteiger partial charge in [0, 0.05) is 11.9 Å². The third kappa shape index (κ3) is 4.34. The molecule has 0 aliphatic carbocycles. The summed E-state index contributed by atoms with van der Waals surface area (Å²) in [5.74, 6) is -0.833. The molecular formula is C24H21FN4O3. The van der Waals surface area contributed by atoms with Gasteiger partial charge in [0.15, 0.2) is 0 Å². The number of aromatic nitrogens is 3. The second-order valence-electron chi connectivity index (χ2n) is 7.36. The first-order valence-electron chi connectivity index (χ1n) is 10.2. The van der Waals surface area contributed by atoms with E-state index in [0.29, 0.717) is 11.3 Å². The van der Waals surface area contributed by atoms with Crippen LogP contribution < -0.4 is 16.6 Å². The van der Waals surface area contributed by atoms with Gasteiger partial charge < -0.3 is 5.32 Å². The summed E-state index contributed by atoms with van der Waals surface area (Å²) in [5, 5.41) is 2.99. The van der Waals surface area contributed by atoms with Crippen LogP contribution in [0.5, 0.6) is 0 Å². The van der Waals surface area contributed by atoms with E-state index in [1.165, 1.54) is 35.0 Å². The van der Waals surface area contributed by atoms with Gasteiger partial charge >= 0.3 is 5.69 Å². The second-order valence-corrected chi connectivity index (χ2v) is 7.36. The number of fused-ring (bicyclic) bond motifs is 1. The lowest BCUT2D eigenvalue weighted by atomic mass is 10.1. The lowest BCUT2D eigenvalue weighted by Gasteiger charge is -2.13. The van der Waals surface area contributed by atoms with Crippen LogP contribution in [0, 0.1) is 5.82 Å². The van der Waals surface area contributed by atoms with Gasteiger partial charge in [0.25, 0.3) is 5.56 Å². The van der Waals surface area contributed by atoms with E-state index in [1.807, 2.05) is 19.1 Å². The van der Waals surface area contributed by atoms with Gasteiger partial charge in [0.05, 0.1) is 11.9 Å². The molecule has 0 unspecified atom stereocenters. The maximum absolute atomic E-state index is 13.2. The van der Waals surface area contributed by atoms with Gasteiger partial charge in [0.1, 0.15) is 18.0 Å². The maximum Gasteiger partial charge on any atom is 0.333 e. The first-order valence-corrected chi connectivity index (χ1v) is 10.2. The minimum absolute atomic E-state index is 0.0527. The maximum atomic E-state index is 13.2. The zero-order valence-corrected chi connectivity index (χ0v) is 17.4. The van der Waals surface area contributed by atoms with Crippen LogP contribution in [0.2, 0.25) is 0 Å². The molecule has 4 rings (SSSR count). The number of aryl methyl sites for hydroxylation is 1. The molecule has 32 heavy (non-hydrogen) atoms. The number of nitrogens with zero attached hydrogens (tertiary/aromatic N) is 3. The van der Waals surface area contributed by atoms with E-state index in [1.54, 1.807) is 24.3 Å². The summed E-state index contributed by atoms with van der Waals surface area (Å²) >= 11 is 0. The molecule has 1 N–H and O–H groups in total. The molecule has 0 saturated heterocycles. The number of hydrogen-bond acceptors (Lipinski definition) is 4. The first-order chi connectivity index (χ1) is 15.5. The minimum Gasteiger partial charge on any atom is -0.325 e. The Bertz CT molecular complexity index is 1390. The lowest BCUT2D eigenvalue weighted by molar-refractivity contribution is -0.116. The van der Waals surface area contributed by atoms with Crippen LogP contribution in [0.25, 0.3) is 11.0 Å². The van der Waals surface area contributed by atoms with Crippen molar-refractivity contribution in [3.8, 4) is 0 Å². The fourth-order valence-corrected chi connectivity index (χ4v) is 3.47. The van der Waals surface area contributed by atoms with Crippen LogP contribution in [0.1, 0.15) is 18.1 Å². The zero-order chi connectivity index (χ0) is 22.7. The van der Waals surface area contributed by atoms with Crippen LogP contribution in [0.4, 0.5) is 10.1 Å². The summed E-state index contributed by atoms with van der Waals surface area (Å²) in [4.78, 5) is 43.0. The SMILES string of the molecule is CCc1ccc(NC(=O)Cn2c(=O)n(Cc3ccc(F)cc3)c(=O)c3cccnc32)cc1. The Morgan fingerprint density at radius 2 is 1.66 bits per heavy atom. The predicted octanol–water partition coefficient (Wildman–Crippen LogP) is 2.95. The molecule has 0 atom stereocenters. The highest BCUT2D eigenvalue weighted by molar-refractivity contribution is 5.91. The fraction of sp³-hybridized carbons (Fsp3) is 0.167. The van der Waals surface area contributed by atoms with Crippen LogP contribution >= 0.6 is 0 Å². The third-order valence-electron chi connectivity index (χ3n) is 5.18. The number of amides is 1. The molecule has 1 amide bonds. The molecule has 2 aromatic carbocycles. The van der Waals surface area contributed by atoms with Crippen molar-refractivity contribution in [2.24, 2.45) is 0 Å². The molecule has 162 valence electrons. The number of carbonyl (C=O) groups is 1. The molecule has 8 heteroatoms.